The Morgan fingerprint density at radius 3 is 2.17 bits per heavy atom. The van der Waals surface area contributed by atoms with Crippen LogP contribution in [0.4, 0.5) is 0 Å². The fourth-order valence-corrected chi connectivity index (χ4v) is 2.63. The molecular formula is C15H33N3. The Morgan fingerprint density at radius 2 is 1.72 bits per heavy atom. The van der Waals surface area contributed by atoms with Gasteiger partial charge in [0.05, 0.1) is 0 Å². The van der Waals surface area contributed by atoms with Gasteiger partial charge in [0.15, 0.2) is 0 Å². The second-order valence-corrected chi connectivity index (χ2v) is 6.87. The molecule has 0 bridgehead atoms. The highest BCUT2D eigenvalue weighted by Crippen LogP contribution is 2.19. The fraction of sp³-hybridized carbons (Fsp3) is 1.00. The van der Waals surface area contributed by atoms with Gasteiger partial charge in [0, 0.05) is 38.8 Å². The van der Waals surface area contributed by atoms with Crippen LogP contribution in [0.15, 0.2) is 0 Å². The quantitative estimate of drug-likeness (QED) is 0.789. The van der Waals surface area contributed by atoms with Gasteiger partial charge in [-0.25, -0.2) is 0 Å². The van der Waals surface area contributed by atoms with Crippen molar-refractivity contribution in [1.29, 1.82) is 0 Å². The van der Waals surface area contributed by atoms with Crippen molar-refractivity contribution in [3.63, 3.8) is 0 Å². The SMILES string of the molecule is CCCC(CN)N1CCN(CCC(C)(C)C)CC1. The molecule has 0 aliphatic carbocycles. The average Bonchev–Trinajstić information content (AvgIpc) is 2.33. The Morgan fingerprint density at radius 1 is 1.11 bits per heavy atom. The molecule has 0 aromatic rings. The Kier molecular flexibility index (Phi) is 6.61. The number of nitrogens with zero attached hydrogens (tertiary/aromatic N) is 2. The maximum atomic E-state index is 5.88. The van der Waals surface area contributed by atoms with Crippen LogP contribution in [0, 0.1) is 5.41 Å². The molecule has 1 saturated heterocycles. The molecular weight excluding hydrogens is 222 g/mol. The van der Waals surface area contributed by atoms with E-state index in [-0.39, 0.29) is 0 Å². The third kappa shape index (κ3) is 5.68. The van der Waals surface area contributed by atoms with E-state index in [2.05, 4.69) is 37.5 Å². The van der Waals surface area contributed by atoms with Gasteiger partial charge in [-0.3, -0.25) is 4.90 Å². The summed E-state index contributed by atoms with van der Waals surface area (Å²) in [5, 5.41) is 0. The Bertz CT molecular complexity index is 214. The molecule has 1 fully saturated rings. The van der Waals surface area contributed by atoms with Crippen molar-refractivity contribution in [2.24, 2.45) is 11.1 Å². The first kappa shape index (κ1) is 15.9. The molecule has 3 nitrogen and oxygen atoms in total. The van der Waals surface area contributed by atoms with E-state index in [1.165, 1.54) is 52.0 Å². The van der Waals surface area contributed by atoms with Gasteiger partial charge in [-0.05, 0) is 24.8 Å². The first-order valence-corrected chi connectivity index (χ1v) is 7.62. The number of hydrogen-bond acceptors (Lipinski definition) is 3. The second kappa shape index (κ2) is 7.46. The van der Waals surface area contributed by atoms with E-state index < -0.39 is 0 Å². The van der Waals surface area contributed by atoms with E-state index in [4.69, 9.17) is 5.73 Å². The lowest BCUT2D eigenvalue weighted by atomic mass is 9.92. The van der Waals surface area contributed by atoms with Crippen molar-refractivity contribution < 1.29 is 0 Å². The molecule has 1 aliphatic heterocycles. The highest BCUT2D eigenvalue weighted by Gasteiger charge is 2.23. The molecule has 0 saturated carbocycles. The van der Waals surface area contributed by atoms with Crippen LogP contribution in [0.1, 0.15) is 47.0 Å². The Balaban J connectivity index is 2.27. The largest absolute Gasteiger partial charge is 0.329 e. The van der Waals surface area contributed by atoms with Crippen molar-refractivity contribution in [3.8, 4) is 0 Å². The first-order valence-electron chi connectivity index (χ1n) is 7.62. The molecule has 0 radical (unpaired) electrons. The van der Waals surface area contributed by atoms with Crippen LogP contribution < -0.4 is 5.73 Å². The highest BCUT2D eigenvalue weighted by molar-refractivity contribution is 4.79. The molecule has 3 heteroatoms. The van der Waals surface area contributed by atoms with E-state index in [0.717, 1.165) is 6.54 Å². The molecule has 1 atom stereocenters. The van der Waals surface area contributed by atoms with Gasteiger partial charge in [-0.2, -0.15) is 0 Å². The molecule has 1 aliphatic rings. The van der Waals surface area contributed by atoms with Gasteiger partial charge in [0.25, 0.3) is 0 Å². The first-order chi connectivity index (χ1) is 8.46. The minimum absolute atomic E-state index is 0.457. The van der Waals surface area contributed by atoms with Crippen LogP contribution in [0.2, 0.25) is 0 Å². The second-order valence-electron chi connectivity index (χ2n) is 6.87. The third-order valence-electron chi connectivity index (χ3n) is 4.00. The molecule has 0 amide bonds. The summed E-state index contributed by atoms with van der Waals surface area (Å²) in [6.45, 7) is 16.1. The van der Waals surface area contributed by atoms with Gasteiger partial charge in [0.2, 0.25) is 0 Å². The fourth-order valence-electron chi connectivity index (χ4n) is 2.63. The lowest BCUT2D eigenvalue weighted by Gasteiger charge is -2.39. The lowest BCUT2D eigenvalue weighted by molar-refractivity contribution is 0.0876. The van der Waals surface area contributed by atoms with Gasteiger partial charge in [-0.1, -0.05) is 34.1 Å². The maximum absolute atomic E-state index is 5.88. The molecule has 1 heterocycles. The van der Waals surface area contributed by atoms with E-state index in [1.54, 1.807) is 0 Å². The van der Waals surface area contributed by atoms with Crippen LogP contribution in [0.25, 0.3) is 0 Å². The van der Waals surface area contributed by atoms with Crippen molar-refractivity contribution in [1.82, 2.24) is 9.80 Å². The predicted molar refractivity (Wildman–Crippen MR) is 79.8 cm³/mol. The van der Waals surface area contributed by atoms with Crippen molar-refractivity contribution >= 4 is 0 Å². The minimum atomic E-state index is 0.457. The molecule has 1 rings (SSSR count). The average molecular weight is 255 g/mol. The predicted octanol–water partition coefficient (Wildman–Crippen LogP) is 2.17. The number of piperazine rings is 1. The summed E-state index contributed by atoms with van der Waals surface area (Å²) in [6, 6.07) is 0.611. The van der Waals surface area contributed by atoms with E-state index in [0.29, 0.717) is 11.5 Å². The Labute approximate surface area is 114 Å². The zero-order chi connectivity index (χ0) is 13.6. The van der Waals surface area contributed by atoms with Gasteiger partial charge in [-0.15, -0.1) is 0 Å². The molecule has 2 N–H and O–H groups in total. The summed E-state index contributed by atoms with van der Waals surface area (Å²) < 4.78 is 0. The summed E-state index contributed by atoms with van der Waals surface area (Å²) in [6.07, 6.45) is 3.78. The standard InChI is InChI=1S/C15H33N3/c1-5-6-14(13-16)18-11-9-17(10-12-18)8-7-15(2,3)4/h14H,5-13,16H2,1-4H3. The van der Waals surface area contributed by atoms with E-state index in [9.17, 15) is 0 Å². The van der Waals surface area contributed by atoms with Crippen LogP contribution >= 0.6 is 0 Å². The zero-order valence-electron chi connectivity index (χ0n) is 12.9. The summed E-state index contributed by atoms with van der Waals surface area (Å²) in [4.78, 5) is 5.21. The normalized spacial score (nSPS) is 21.2. The minimum Gasteiger partial charge on any atom is -0.329 e. The third-order valence-corrected chi connectivity index (χ3v) is 4.00. The van der Waals surface area contributed by atoms with Crippen molar-refractivity contribution in [2.45, 2.75) is 53.0 Å². The van der Waals surface area contributed by atoms with Crippen LogP contribution in [0.5, 0.6) is 0 Å². The number of rotatable bonds is 6. The molecule has 0 aromatic heterocycles. The van der Waals surface area contributed by atoms with Crippen LogP contribution in [-0.2, 0) is 0 Å². The topological polar surface area (TPSA) is 32.5 Å². The summed E-state index contributed by atoms with van der Waals surface area (Å²) in [5.41, 5.74) is 6.34. The highest BCUT2D eigenvalue weighted by atomic mass is 15.3. The maximum Gasteiger partial charge on any atom is 0.0219 e. The van der Waals surface area contributed by atoms with Crippen molar-refractivity contribution in [2.75, 3.05) is 39.3 Å². The summed E-state index contributed by atoms with van der Waals surface area (Å²) >= 11 is 0. The molecule has 0 aromatic carbocycles. The van der Waals surface area contributed by atoms with E-state index in [1.807, 2.05) is 0 Å². The molecule has 0 spiro atoms. The number of hydrogen-bond donors (Lipinski definition) is 1. The van der Waals surface area contributed by atoms with Crippen LogP contribution in [0.3, 0.4) is 0 Å². The number of nitrogens with two attached hydrogens (primary N) is 1. The zero-order valence-corrected chi connectivity index (χ0v) is 12.9. The van der Waals surface area contributed by atoms with E-state index >= 15 is 0 Å². The van der Waals surface area contributed by atoms with Crippen molar-refractivity contribution in [3.05, 3.63) is 0 Å². The summed E-state index contributed by atoms with van der Waals surface area (Å²) in [7, 11) is 0. The van der Waals surface area contributed by atoms with Gasteiger partial charge < -0.3 is 10.6 Å². The van der Waals surface area contributed by atoms with Gasteiger partial charge >= 0.3 is 0 Å². The molecule has 1 unspecified atom stereocenters. The monoisotopic (exact) mass is 255 g/mol. The van der Waals surface area contributed by atoms with Crippen LogP contribution in [-0.4, -0.2) is 55.1 Å². The smallest absolute Gasteiger partial charge is 0.0219 e. The summed E-state index contributed by atoms with van der Waals surface area (Å²) in [5.74, 6) is 0. The van der Waals surface area contributed by atoms with Gasteiger partial charge in [0.1, 0.15) is 0 Å². The lowest BCUT2D eigenvalue weighted by Crippen LogP contribution is -2.52. The molecule has 108 valence electrons. The molecule has 18 heavy (non-hydrogen) atoms. The Hall–Kier alpha value is -0.120.